The average molecular weight is 144 g/mol. The maximum atomic E-state index is 10.2. The van der Waals surface area contributed by atoms with Crippen LogP contribution in [0.4, 0.5) is 0 Å². The SMILES string of the molecule is CC(O)N(C)/C=C\C(N)=O. The van der Waals surface area contributed by atoms with E-state index in [-0.39, 0.29) is 0 Å². The van der Waals surface area contributed by atoms with Gasteiger partial charge in [-0.05, 0) is 6.92 Å². The van der Waals surface area contributed by atoms with E-state index in [4.69, 9.17) is 10.8 Å². The summed E-state index contributed by atoms with van der Waals surface area (Å²) in [5.74, 6) is -0.521. The van der Waals surface area contributed by atoms with Crippen LogP contribution in [-0.2, 0) is 4.79 Å². The maximum Gasteiger partial charge on any atom is 0.242 e. The Labute approximate surface area is 59.9 Å². The second kappa shape index (κ2) is 3.90. The van der Waals surface area contributed by atoms with Gasteiger partial charge in [-0.2, -0.15) is 0 Å². The minimum atomic E-state index is -0.601. The van der Waals surface area contributed by atoms with Crippen molar-refractivity contribution in [2.75, 3.05) is 7.05 Å². The molecule has 58 valence electrons. The fraction of sp³-hybridized carbons (Fsp3) is 0.500. The lowest BCUT2D eigenvalue weighted by Gasteiger charge is -2.16. The summed E-state index contributed by atoms with van der Waals surface area (Å²) >= 11 is 0. The van der Waals surface area contributed by atoms with Crippen LogP contribution < -0.4 is 5.73 Å². The molecule has 0 aromatic rings. The molecular formula is C6H12N2O2. The van der Waals surface area contributed by atoms with Crippen LogP contribution in [-0.4, -0.2) is 29.2 Å². The molecule has 4 nitrogen and oxygen atoms in total. The number of hydrogen-bond donors (Lipinski definition) is 2. The molecule has 1 unspecified atom stereocenters. The molecule has 0 saturated carbocycles. The highest BCUT2D eigenvalue weighted by atomic mass is 16.3. The van der Waals surface area contributed by atoms with Crippen molar-refractivity contribution in [1.82, 2.24) is 4.90 Å². The van der Waals surface area contributed by atoms with E-state index >= 15 is 0 Å². The Kier molecular flexibility index (Phi) is 3.49. The number of nitrogens with two attached hydrogens (primary N) is 1. The lowest BCUT2D eigenvalue weighted by atomic mass is 10.5. The first kappa shape index (κ1) is 8.97. The first-order valence-corrected chi connectivity index (χ1v) is 2.91. The molecule has 0 rings (SSSR count). The van der Waals surface area contributed by atoms with Crippen LogP contribution in [0, 0.1) is 0 Å². The van der Waals surface area contributed by atoms with Gasteiger partial charge in [-0.1, -0.05) is 0 Å². The molecule has 0 aromatic carbocycles. The quantitative estimate of drug-likeness (QED) is 0.405. The molecule has 4 heteroatoms. The van der Waals surface area contributed by atoms with Gasteiger partial charge in [0.2, 0.25) is 5.91 Å². The molecule has 0 aliphatic rings. The predicted octanol–water partition coefficient (Wildman–Crippen LogP) is -0.745. The predicted molar refractivity (Wildman–Crippen MR) is 37.8 cm³/mol. The highest BCUT2D eigenvalue weighted by molar-refractivity contribution is 5.85. The third-order valence-electron chi connectivity index (χ3n) is 1.06. The molecule has 0 bridgehead atoms. The monoisotopic (exact) mass is 144 g/mol. The standard InChI is InChI=1S/C6H12N2O2/c1-5(9)8(2)4-3-6(7)10/h3-5,9H,1-2H3,(H2,7,10)/b4-3-. The fourth-order valence-electron chi connectivity index (χ4n) is 0.316. The summed E-state index contributed by atoms with van der Waals surface area (Å²) in [6.07, 6.45) is 2.01. The van der Waals surface area contributed by atoms with Gasteiger partial charge in [-0.3, -0.25) is 4.79 Å². The van der Waals surface area contributed by atoms with E-state index in [1.165, 1.54) is 17.2 Å². The summed E-state index contributed by atoms with van der Waals surface area (Å²) in [7, 11) is 1.64. The van der Waals surface area contributed by atoms with Crippen molar-refractivity contribution in [3.63, 3.8) is 0 Å². The van der Waals surface area contributed by atoms with Crippen LogP contribution in [0.5, 0.6) is 0 Å². The fourth-order valence-corrected chi connectivity index (χ4v) is 0.316. The van der Waals surface area contributed by atoms with E-state index in [0.717, 1.165) is 0 Å². The summed E-state index contributed by atoms with van der Waals surface area (Å²) in [5.41, 5.74) is 4.81. The van der Waals surface area contributed by atoms with Crippen LogP contribution in [0.2, 0.25) is 0 Å². The van der Waals surface area contributed by atoms with Crippen molar-refractivity contribution in [3.8, 4) is 0 Å². The first-order chi connectivity index (χ1) is 4.54. The lowest BCUT2D eigenvalue weighted by molar-refractivity contribution is -0.113. The minimum Gasteiger partial charge on any atom is -0.374 e. The lowest BCUT2D eigenvalue weighted by Crippen LogP contribution is -2.23. The summed E-state index contributed by atoms with van der Waals surface area (Å²) in [4.78, 5) is 11.6. The Morgan fingerprint density at radius 1 is 1.80 bits per heavy atom. The van der Waals surface area contributed by atoms with Crippen LogP contribution in [0.25, 0.3) is 0 Å². The van der Waals surface area contributed by atoms with Gasteiger partial charge in [0.05, 0.1) is 0 Å². The molecule has 0 aliphatic heterocycles. The van der Waals surface area contributed by atoms with Crippen molar-refractivity contribution in [1.29, 1.82) is 0 Å². The van der Waals surface area contributed by atoms with Gasteiger partial charge >= 0.3 is 0 Å². The molecule has 3 N–H and O–H groups in total. The van der Waals surface area contributed by atoms with Crippen LogP contribution in [0.3, 0.4) is 0 Å². The summed E-state index contributed by atoms with van der Waals surface area (Å²) in [6.45, 7) is 1.59. The number of carbonyl (C=O) groups excluding carboxylic acids is 1. The second-order valence-corrected chi connectivity index (χ2v) is 2.02. The molecule has 1 amide bonds. The highest BCUT2D eigenvalue weighted by Crippen LogP contribution is 1.89. The topological polar surface area (TPSA) is 66.6 Å². The minimum absolute atomic E-state index is 0.521. The van der Waals surface area contributed by atoms with Gasteiger partial charge in [0.25, 0.3) is 0 Å². The highest BCUT2D eigenvalue weighted by Gasteiger charge is 1.96. The number of amides is 1. The van der Waals surface area contributed by atoms with Gasteiger partial charge < -0.3 is 15.7 Å². The smallest absolute Gasteiger partial charge is 0.242 e. The molecule has 0 fully saturated rings. The van der Waals surface area contributed by atoms with Crippen molar-refractivity contribution in [2.45, 2.75) is 13.2 Å². The normalized spacial score (nSPS) is 13.5. The molecular weight excluding hydrogens is 132 g/mol. The number of carbonyl (C=O) groups is 1. The summed E-state index contributed by atoms with van der Waals surface area (Å²) in [6, 6.07) is 0. The van der Waals surface area contributed by atoms with Crippen LogP contribution in [0.1, 0.15) is 6.92 Å². The zero-order chi connectivity index (χ0) is 8.15. The van der Waals surface area contributed by atoms with Gasteiger partial charge in [0.15, 0.2) is 0 Å². The number of nitrogens with zero attached hydrogens (tertiary/aromatic N) is 1. The molecule has 0 heterocycles. The van der Waals surface area contributed by atoms with Crippen LogP contribution in [0.15, 0.2) is 12.3 Å². The molecule has 0 radical (unpaired) electrons. The maximum absolute atomic E-state index is 10.2. The molecule has 0 spiro atoms. The Morgan fingerprint density at radius 3 is 2.60 bits per heavy atom. The molecule has 0 aromatic heterocycles. The van der Waals surface area contributed by atoms with E-state index in [1.54, 1.807) is 14.0 Å². The number of aliphatic hydroxyl groups is 1. The van der Waals surface area contributed by atoms with E-state index in [2.05, 4.69) is 0 Å². The van der Waals surface area contributed by atoms with Crippen LogP contribution >= 0.6 is 0 Å². The summed E-state index contributed by atoms with van der Waals surface area (Å²) in [5, 5.41) is 8.86. The van der Waals surface area contributed by atoms with Gasteiger partial charge in [0, 0.05) is 19.3 Å². The first-order valence-electron chi connectivity index (χ1n) is 2.91. The Morgan fingerprint density at radius 2 is 2.30 bits per heavy atom. The second-order valence-electron chi connectivity index (χ2n) is 2.02. The Hall–Kier alpha value is -1.03. The van der Waals surface area contributed by atoms with Gasteiger partial charge in [-0.25, -0.2) is 0 Å². The van der Waals surface area contributed by atoms with Gasteiger partial charge in [0.1, 0.15) is 6.23 Å². The number of aliphatic hydroxyl groups excluding tert-OH is 1. The van der Waals surface area contributed by atoms with Gasteiger partial charge in [-0.15, -0.1) is 0 Å². The number of primary amides is 1. The van der Waals surface area contributed by atoms with E-state index < -0.39 is 12.1 Å². The Bertz CT molecular complexity index is 143. The molecule has 0 saturated heterocycles. The molecule has 10 heavy (non-hydrogen) atoms. The number of rotatable bonds is 3. The molecule has 1 atom stereocenters. The van der Waals surface area contributed by atoms with E-state index in [9.17, 15) is 4.79 Å². The number of hydrogen-bond acceptors (Lipinski definition) is 3. The van der Waals surface area contributed by atoms with E-state index in [0.29, 0.717) is 0 Å². The average Bonchev–Trinajstić information content (AvgIpc) is 1.82. The van der Waals surface area contributed by atoms with Crippen molar-refractivity contribution >= 4 is 5.91 Å². The zero-order valence-electron chi connectivity index (χ0n) is 6.11. The van der Waals surface area contributed by atoms with E-state index in [1.807, 2.05) is 0 Å². The Balaban J connectivity index is 3.77. The molecule has 0 aliphatic carbocycles. The largest absolute Gasteiger partial charge is 0.374 e. The van der Waals surface area contributed by atoms with Crippen molar-refractivity contribution in [2.24, 2.45) is 5.73 Å². The summed E-state index contributed by atoms with van der Waals surface area (Å²) < 4.78 is 0. The third kappa shape index (κ3) is 3.91. The van der Waals surface area contributed by atoms with Crippen molar-refractivity contribution < 1.29 is 9.90 Å². The van der Waals surface area contributed by atoms with Crippen molar-refractivity contribution in [3.05, 3.63) is 12.3 Å². The third-order valence-corrected chi connectivity index (χ3v) is 1.06. The zero-order valence-corrected chi connectivity index (χ0v) is 6.11.